The van der Waals surface area contributed by atoms with Crippen molar-refractivity contribution in [2.75, 3.05) is 0 Å². The largest absolute Gasteiger partial charge is 2.00 e. The number of hydrogen-bond donors (Lipinski definition) is 0. The minimum absolute atomic E-state index is 0. The molecule has 0 saturated carbocycles. The summed E-state index contributed by atoms with van der Waals surface area (Å²) in [5, 5.41) is 0. The molecule has 0 bridgehead atoms. The summed E-state index contributed by atoms with van der Waals surface area (Å²) in [6, 6.07) is 0. The summed E-state index contributed by atoms with van der Waals surface area (Å²) in [5.74, 6) is 0. The molecule has 0 unspecified atom stereocenters. The van der Waals surface area contributed by atoms with E-state index >= 15 is 0 Å². The third-order valence-corrected chi connectivity index (χ3v) is 1.80. The van der Waals surface area contributed by atoms with Crippen LogP contribution in [0.15, 0.2) is 0 Å². The second-order valence-corrected chi connectivity index (χ2v) is 3.42. The summed E-state index contributed by atoms with van der Waals surface area (Å²) >= 11 is 0. The van der Waals surface area contributed by atoms with Crippen molar-refractivity contribution in [3.63, 3.8) is 0 Å². The van der Waals surface area contributed by atoms with Gasteiger partial charge in [-0.2, -0.15) is 0 Å². The van der Waals surface area contributed by atoms with E-state index in [4.69, 9.17) is 0 Å². The Hall–Kier alpha value is 1.14. The average molecular weight is 373 g/mol. The fourth-order valence-electron chi connectivity index (χ4n) is 0.122. The van der Waals surface area contributed by atoms with Crippen LogP contribution in [-0.2, 0) is 47.6 Å². The van der Waals surface area contributed by atoms with Gasteiger partial charge in [0.05, 0.1) is 15.6 Å². The monoisotopic (exact) mass is 372 g/mol. The first-order chi connectivity index (χ1) is 3.71. The summed E-state index contributed by atoms with van der Waals surface area (Å²) in [6.07, 6.45) is 0. The first-order valence-electron chi connectivity index (χ1n) is 1.46. The van der Waals surface area contributed by atoms with Crippen molar-refractivity contribution in [3.05, 3.63) is 0 Å². The molecule has 15 heavy (non-hydrogen) atoms. The van der Waals surface area contributed by atoms with Gasteiger partial charge in [-0.15, -0.1) is 0 Å². The Balaban J connectivity index is -0.0000000213. The van der Waals surface area contributed by atoms with E-state index in [0.29, 0.717) is 0 Å². The van der Waals surface area contributed by atoms with Crippen LogP contribution in [0.25, 0.3) is 0 Å². The zero-order valence-electron chi connectivity index (χ0n) is 6.36. The molecule has 8 N–H and O–H groups in total. The maximum absolute atomic E-state index is 9.32. The standard InChI is InChI=1S/2Cu.H4O7P2.4H2O/c;;1-8(2,3)7-9(4,5)6;;;;/h;;(H2,1,2,3)(H2,4,5,6);4*1H2/q2*+2;;;;;/p-4. The van der Waals surface area contributed by atoms with Gasteiger partial charge in [0.1, 0.15) is 0 Å². The van der Waals surface area contributed by atoms with Crippen LogP contribution >= 0.6 is 15.6 Å². The van der Waals surface area contributed by atoms with Gasteiger partial charge < -0.3 is 54.9 Å². The van der Waals surface area contributed by atoms with E-state index in [1.165, 1.54) is 0 Å². The van der Waals surface area contributed by atoms with Crippen molar-refractivity contribution in [3.8, 4) is 0 Å². The third-order valence-electron chi connectivity index (χ3n) is 0.200. The molecular formula is H8Cu2O11P2. The molecule has 0 saturated heterocycles. The first-order valence-corrected chi connectivity index (χ1v) is 4.38. The zero-order valence-corrected chi connectivity index (χ0v) is 10.0. The molecule has 0 rings (SSSR count). The summed E-state index contributed by atoms with van der Waals surface area (Å²) in [7, 11) is -11.4. The van der Waals surface area contributed by atoms with Gasteiger partial charge in [0, 0.05) is 0 Å². The maximum Gasteiger partial charge on any atom is 2.00 e. The van der Waals surface area contributed by atoms with Crippen LogP contribution in [0, 0.1) is 0 Å². The van der Waals surface area contributed by atoms with Crippen LogP contribution in [-0.4, -0.2) is 21.9 Å². The minimum Gasteiger partial charge on any atom is -0.790 e. The van der Waals surface area contributed by atoms with Gasteiger partial charge in [-0.1, -0.05) is 0 Å². The summed E-state index contributed by atoms with van der Waals surface area (Å²) < 4.78 is 21.2. The normalized spacial score (nSPS) is 8.27. The molecule has 0 fully saturated rings. The molecule has 0 aliphatic heterocycles. The Morgan fingerprint density at radius 2 is 0.800 bits per heavy atom. The molecule has 0 aromatic rings. The molecule has 0 amide bonds. The van der Waals surface area contributed by atoms with Crippen LogP contribution in [0.1, 0.15) is 0 Å². The van der Waals surface area contributed by atoms with Gasteiger partial charge in [0.25, 0.3) is 0 Å². The fraction of sp³-hybridized carbons (Fsp3) is 0. The van der Waals surface area contributed by atoms with E-state index in [0.717, 1.165) is 0 Å². The van der Waals surface area contributed by atoms with Crippen molar-refractivity contribution in [2.45, 2.75) is 0 Å². The van der Waals surface area contributed by atoms with Gasteiger partial charge in [-0.25, -0.2) is 0 Å². The molecule has 0 aromatic carbocycles. The zero-order chi connectivity index (χ0) is 7.71. The van der Waals surface area contributed by atoms with E-state index < -0.39 is 15.6 Å². The predicted octanol–water partition coefficient (Wildman–Crippen LogP) is -6.64. The number of rotatable bonds is 2. The topological polar surface area (TPSA) is 262 Å². The van der Waals surface area contributed by atoms with Crippen molar-refractivity contribution >= 4 is 15.6 Å². The molecule has 11 nitrogen and oxygen atoms in total. The Labute approximate surface area is 105 Å². The van der Waals surface area contributed by atoms with Gasteiger partial charge in [-0.05, 0) is 0 Å². The van der Waals surface area contributed by atoms with Crippen molar-refractivity contribution in [1.29, 1.82) is 0 Å². The van der Waals surface area contributed by atoms with Gasteiger partial charge in [-0.3, -0.25) is 0 Å². The van der Waals surface area contributed by atoms with Crippen LogP contribution in [0.2, 0.25) is 0 Å². The SMILES string of the molecule is O.O.O.O.O=P([O-])([O-])OP(=O)([O-])[O-].[Cu+2].[Cu+2]. The molecular weight excluding hydrogens is 365 g/mol. The van der Waals surface area contributed by atoms with Gasteiger partial charge >= 0.3 is 34.1 Å². The fourth-order valence-corrected chi connectivity index (χ4v) is 1.10. The summed E-state index contributed by atoms with van der Waals surface area (Å²) in [4.78, 5) is 37.3. The Morgan fingerprint density at radius 1 is 0.667 bits per heavy atom. The molecule has 0 heterocycles. The summed E-state index contributed by atoms with van der Waals surface area (Å²) in [5.41, 5.74) is 0. The van der Waals surface area contributed by atoms with Gasteiger partial charge in [0.2, 0.25) is 0 Å². The van der Waals surface area contributed by atoms with Crippen LogP contribution in [0.5, 0.6) is 0 Å². The van der Waals surface area contributed by atoms with E-state index in [1.807, 2.05) is 0 Å². The van der Waals surface area contributed by atoms with E-state index in [1.54, 1.807) is 0 Å². The number of phosphoric acid groups is 2. The molecule has 0 aromatic heterocycles. The average Bonchev–Trinajstić information content (AvgIpc) is 1.14. The van der Waals surface area contributed by atoms with Crippen molar-refractivity contribution < 1.29 is 89.1 Å². The maximum atomic E-state index is 9.32. The second kappa shape index (κ2) is 15.1. The summed E-state index contributed by atoms with van der Waals surface area (Å²) in [6.45, 7) is 0. The molecule has 0 aliphatic carbocycles. The molecule has 15 heteroatoms. The molecule has 106 valence electrons. The van der Waals surface area contributed by atoms with E-state index in [9.17, 15) is 28.7 Å². The van der Waals surface area contributed by atoms with Crippen molar-refractivity contribution in [1.82, 2.24) is 0 Å². The van der Waals surface area contributed by atoms with Crippen LogP contribution in [0.3, 0.4) is 0 Å². The Kier molecular flexibility index (Phi) is 44.7. The first kappa shape index (κ1) is 44.3. The smallest absolute Gasteiger partial charge is 0.790 e. The molecule has 0 spiro atoms. The van der Waals surface area contributed by atoms with E-state index in [2.05, 4.69) is 4.31 Å². The van der Waals surface area contributed by atoms with Gasteiger partial charge in [0.15, 0.2) is 0 Å². The minimum atomic E-state index is -5.68. The second-order valence-electron chi connectivity index (χ2n) is 0.976. The Bertz CT molecular complexity index is 157. The van der Waals surface area contributed by atoms with Crippen LogP contribution in [0.4, 0.5) is 0 Å². The number of hydrogen-bond acceptors (Lipinski definition) is 7. The third kappa shape index (κ3) is 51.3. The molecule has 2 radical (unpaired) electrons. The predicted molar refractivity (Wildman–Crippen MR) is 30.8 cm³/mol. The molecule has 0 aliphatic rings. The quantitative estimate of drug-likeness (QED) is 0.333. The van der Waals surface area contributed by atoms with E-state index in [-0.39, 0.29) is 56.0 Å². The van der Waals surface area contributed by atoms with Crippen LogP contribution < -0.4 is 19.6 Å². The molecule has 0 atom stereocenters. The van der Waals surface area contributed by atoms with Crippen molar-refractivity contribution in [2.24, 2.45) is 0 Å². The Morgan fingerprint density at radius 3 is 0.800 bits per heavy atom.